The smallest absolute Gasteiger partial charge is 0.293 e. The fourth-order valence-electron chi connectivity index (χ4n) is 3.57. The van der Waals surface area contributed by atoms with E-state index in [-0.39, 0.29) is 16.6 Å². The van der Waals surface area contributed by atoms with Crippen LogP contribution in [0.2, 0.25) is 0 Å². The van der Waals surface area contributed by atoms with Crippen LogP contribution < -0.4 is 10.5 Å². The van der Waals surface area contributed by atoms with Crippen LogP contribution in [-0.2, 0) is 0 Å². The van der Waals surface area contributed by atoms with Crippen molar-refractivity contribution in [3.05, 3.63) is 61.3 Å². The maximum atomic E-state index is 11.9. The van der Waals surface area contributed by atoms with Crippen molar-refractivity contribution in [1.82, 2.24) is 14.9 Å². The highest BCUT2D eigenvalue weighted by Crippen LogP contribution is 2.33. The molecule has 0 bridgehead atoms. The Kier molecular flexibility index (Phi) is 4.63. The second-order valence-electron chi connectivity index (χ2n) is 6.60. The van der Waals surface area contributed by atoms with Crippen molar-refractivity contribution in [2.75, 3.05) is 31.1 Å². The number of hydrogen-bond acceptors (Lipinski definition) is 7. The average Bonchev–Trinajstić information content (AvgIpc) is 3.22. The van der Waals surface area contributed by atoms with Crippen LogP contribution in [0.4, 0.5) is 11.4 Å². The molecule has 1 fully saturated rings. The van der Waals surface area contributed by atoms with Gasteiger partial charge in [-0.25, -0.2) is 4.98 Å². The predicted molar refractivity (Wildman–Crippen MR) is 106 cm³/mol. The number of nitrogens with zero attached hydrogens (tertiary/aromatic N) is 4. The largest absolute Gasteiger partial charge is 0.363 e. The van der Waals surface area contributed by atoms with Gasteiger partial charge in [-0.15, -0.1) is 0 Å². The zero-order valence-electron chi connectivity index (χ0n) is 14.8. The van der Waals surface area contributed by atoms with Crippen LogP contribution in [0, 0.1) is 10.1 Å². The normalized spacial score (nSPS) is 16.6. The summed E-state index contributed by atoms with van der Waals surface area (Å²) in [6, 6.07) is 5.45. The molecule has 0 spiro atoms. The van der Waals surface area contributed by atoms with E-state index in [9.17, 15) is 14.9 Å². The Morgan fingerprint density at radius 3 is 2.74 bits per heavy atom. The summed E-state index contributed by atoms with van der Waals surface area (Å²) in [6.07, 6.45) is 1.32. The monoisotopic (exact) mass is 385 g/mol. The molecule has 0 aliphatic carbocycles. The fourth-order valence-corrected chi connectivity index (χ4v) is 4.31. The number of piperazine rings is 1. The van der Waals surface area contributed by atoms with Crippen LogP contribution in [0.1, 0.15) is 18.5 Å². The number of aromatic nitrogens is 2. The molecule has 3 aromatic rings. The van der Waals surface area contributed by atoms with Crippen molar-refractivity contribution >= 4 is 33.6 Å². The predicted octanol–water partition coefficient (Wildman–Crippen LogP) is 2.78. The standard InChI is InChI=1S/C18H19N5O3S/c1-12(13-2-7-27-10-13)21-3-5-22(6-4-21)16-9-15-14(8-17(16)23(25)26)18(24)20-11-19-15/h2,7-12H,3-6H2,1H3,(H,19,20,24). The number of rotatable bonds is 4. The molecule has 1 aliphatic rings. The Balaban J connectivity index is 1.61. The number of H-pyrrole nitrogens is 1. The number of anilines is 1. The third-order valence-corrected chi connectivity index (χ3v) is 5.86. The van der Waals surface area contributed by atoms with Gasteiger partial charge in [0.25, 0.3) is 11.2 Å². The van der Waals surface area contributed by atoms with Crippen molar-refractivity contribution in [3.63, 3.8) is 0 Å². The summed E-state index contributed by atoms with van der Waals surface area (Å²) in [5.74, 6) is 0. The lowest BCUT2D eigenvalue weighted by molar-refractivity contribution is -0.384. The number of thiophene rings is 1. The highest BCUT2D eigenvalue weighted by molar-refractivity contribution is 7.07. The maximum absolute atomic E-state index is 11.9. The van der Waals surface area contributed by atoms with E-state index < -0.39 is 4.92 Å². The molecule has 9 heteroatoms. The van der Waals surface area contributed by atoms with E-state index in [0.717, 1.165) is 13.1 Å². The van der Waals surface area contributed by atoms with Gasteiger partial charge < -0.3 is 9.88 Å². The van der Waals surface area contributed by atoms with Gasteiger partial charge in [-0.05, 0) is 35.4 Å². The first-order valence-electron chi connectivity index (χ1n) is 8.71. The van der Waals surface area contributed by atoms with Gasteiger partial charge in [0.05, 0.1) is 22.2 Å². The molecule has 27 heavy (non-hydrogen) atoms. The van der Waals surface area contributed by atoms with E-state index in [1.54, 1.807) is 17.4 Å². The van der Waals surface area contributed by atoms with Gasteiger partial charge in [-0.1, -0.05) is 0 Å². The summed E-state index contributed by atoms with van der Waals surface area (Å²) in [5.41, 5.74) is 1.86. The molecule has 1 saturated heterocycles. The third-order valence-electron chi connectivity index (χ3n) is 5.16. The number of benzene rings is 1. The van der Waals surface area contributed by atoms with Crippen LogP contribution in [0.3, 0.4) is 0 Å². The van der Waals surface area contributed by atoms with Crippen LogP contribution >= 0.6 is 11.3 Å². The quantitative estimate of drug-likeness (QED) is 0.548. The minimum Gasteiger partial charge on any atom is -0.363 e. The molecule has 2 aromatic heterocycles. The first-order chi connectivity index (χ1) is 13.0. The van der Waals surface area contributed by atoms with Crippen molar-refractivity contribution in [2.45, 2.75) is 13.0 Å². The lowest BCUT2D eigenvalue weighted by atomic mass is 10.1. The lowest BCUT2D eigenvalue weighted by Gasteiger charge is -2.38. The molecule has 0 saturated carbocycles. The molecule has 1 N–H and O–H groups in total. The summed E-state index contributed by atoms with van der Waals surface area (Å²) >= 11 is 1.69. The Morgan fingerprint density at radius 2 is 2.07 bits per heavy atom. The van der Waals surface area contributed by atoms with Crippen LogP contribution in [-0.4, -0.2) is 46.0 Å². The minimum atomic E-state index is -0.429. The third kappa shape index (κ3) is 3.31. The van der Waals surface area contributed by atoms with Gasteiger partial charge >= 0.3 is 0 Å². The van der Waals surface area contributed by atoms with Gasteiger partial charge in [0.1, 0.15) is 5.69 Å². The SMILES string of the molecule is CC(c1ccsc1)N1CCN(c2cc3nc[nH]c(=O)c3cc2[N+](=O)[O-])CC1. The molecule has 0 amide bonds. The number of nitro benzene ring substituents is 1. The van der Waals surface area contributed by atoms with Crippen LogP contribution in [0.15, 0.2) is 40.1 Å². The summed E-state index contributed by atoms with van der Waals surface area (Å²) in [6.45, 7) is 5.18. The molecule has 1 unspecified atom stereocenters. The zero-order chi connectivity index (χ0) is 19.0. The molecule has 1 aliphatic heterocycles. The van der Waals surface area contributed by atoms with Gasteiger partial charge in [-0.2, -0.15) is 11.3 Å². The topological polar surface area (TPSA) is 95.4 Å². The zero-order valence-corrected chi connectivity index (χ0v) is 15.6. The van der Waals surface area contributed by atoms with Crippen molar-refractivity contribution in [1.29, 1.82) is 0 Å². The molecule has 8 nitrogen and oxygen atoms in total. The Hall–Kier alpha value is -2.78. The van der Waals surface area contributed by atoms with Gasteiger partial charge in [-0.3, -0.25) is 19.8 Å². The second kappa shape index (κ2) is 7.09. The van der Waals surface area contributed by atoms with Crippen molar-refractivity contribution < 1.29 is 4.92 Å². The van der Waals surface area contributed by atoms with E-state index in [4.69, 9.17) is 0 Å². The van der Waals surface area contributed by atoms with Gasteiger partial charge in [0.2, 0.25) is 0 Å². The Bertz CT molecular complexity index is 1030. The molecular formula is C18H19N5O3S. The van der Waals surface area contributed by atoms with E-state index >= 15 is 0 Å². The minimum absolute atomic E-state index is 0.0552. The maximum Gasteiger partial charge on any atom is 0.293 e. The summed E-state index contributed by atoms with van der Waals surface area (Å²) in [7, 11) is 0. The second-order valence-corrected chi connectivity index (χ2v) is 7.38. The number of nitrogens with one attached hydrogen (secondary N) is 1. The molecular weight excluding hydrogens is 366 g/mol. The number of hydrogen-bond donors (Lipinski definition) is 1. The Morgan fingerprint density at radius 1 is 1.30 bits per heavy atom. The van der Waals surface area contributed by atoms with Crippen molar-refractivity contribution in [2.24, 2.45) is 0 Å². The summed E-state index contributed by atoms with van der Waals surface area (Å²) in [5, 5.41) is 16.1. The lowest BCUT2D eigenvalue weighted by Crippen LogP contribution is -2.47. The first kappa shape index (κ1) is 17.6. The molecule has 3 heterocycles. The molecule has 4 rings (SSSR count). The summed E-state index contributed by atoms with van der Waals surface area (Å²) in [4.78, 5) is 34.1. The average molecular weight is 385 g/mol. The molecule has 1 atom stereocenters. The fraction of sp³-hybridized carbons (Fsp3) is 0.333. The highest BCUT2D eigenvalue weighted by atomic mass is 32.1. The highest BCUT2D eigenvalue weighted by Gasteiger charge is 2.27. The number of aromatic amines is 1. The van der Waals surface area contributed by atoms with Crippen LogP contribution in [0.5, 0.6) is 0 Å². The Labute approximate surface area is 159 Å². The number of nitro groups is 1. The first-order valence-corrected chi connectivity index (χ1v) is 9.66. The van der Waals surface area contributed by atoms with E-state index in [2.05, 4.69) is 38.6 Å². The molecule has 140 valence electrons. The van der Waals surface area contributed by atoms with Gasteiger partial charge in [0.15, 0.2) is 0 Å². The van der Waals surface area contributed by atoms with Crippen LogP contribution in [0.25, 0.3) is 10.9 Å². The van der Waals surface area contributed by atoms with Gasteiger partial charge in [0, 0.05) is 38.3 Å². The molecule has 1 aromatic carbocycles. The number of fused-ring (bicyclic) bond motifs is 1. The van der Waals surface area contributed by atoms with E-state index in [1.807, 2.05) is 4.90 Å². The van der Waals surface area contributed by atoms with E-state index in [0.29, 0.717) is 30.3 Å². The molecule has 0 radical (unpaired) electrons. The van der Waals surface area contributed by atoms with Crippen molar-refractivity contribution in [3.8, 4) is 0 Å². The summed E-state index contributed by atoms with van der Waals surface area (Å²) < 4.78 is 0. The van der Waals surface area contributed by atoms with E-state index in [1.165, 1.54) is 18.0 Å².